The number of carbonyl (C=O) groups excluding carboxylic acids is 1. The van der Waals surface area contributed by atoms with Crippen molar-refractivity contribution in [1.29, 1.82) is 0 Å². The van der Waals surface area contributed by atoms with Gasteiger partial charge in [-0.25, -0.2) is 0 Å². The Balaban J connectivity index is 1.75. The molecular weight excluding hydrogens is 356 g/mol. The summed E-state index contributed by atoms with van der Waals surface area (Å²) in [5, 5.41) is 11.4. The minimum atomic E-state index is -0.897. The van der Waals surface area contributed by atoms with E-state index in [1.807, 2.05) is 32.3 Å². The van der Waals surface area contributed by atoms with Crippen LogP contribution in [0.2, 0.25) is 0 Å². The molecule has 0 spiro atoms. The van der Waals surface area contributed by atoms with Crippen molar-refractivity contribution in [2.75, 3.05) is 40.3 Å². The van der Waals surface area contributed by atoms with Gasteiger partial charge in [-0.2, -0.15) is 0 Å². The Labute approximate surface area is 165 Å². The molecule has 2 aromatic carbocycles. The van der Waals surface area contributed by atoms with E-state index in [0.717, 1.165) is 35.1 Å². The van der Waals surface area contributed by atoms with Crippen LogP contribution < -0.4 is 4.74 Å². The highest BCUT2D eigenvalue weighted by atomic mass is 16.5. The number of fused-ring (bicyclic) bond motifs is 1. The Kier molecular flexibility index (Phi) is 6.52. The van der Waals surface area contributed by atoms with Crippen molar-refractivity contribution in [3.05, 3.63) is 42.0 Å². The van der Waals surface area contributed by atoms with E-state index in [2.05, 4.69) is 23.1 Å². The predicted octanol–water partition coefficient (Wildman–Crippen LogP) is 2.65. The number of ether oxygens (including phenoxy) is 1. The second kappa shape index (κ2) is 9.06. The number of hydrogen-bond donors (Lipinski definition) is 1. The molecule has 1 unspecified atom stereocenters. The summed E-state index contributed by atoms with van der Waals surface area (Å²) < 4.78 is 6.07. The molecule has 1 amide bonds. The monoisotopic (exact) mass is 384 g/mol. The van der Waals surface area contributed by atoms with Crippen LogP contribution >= 0.6 is 0 Å². The summed E-state index contributed by atoms with van der Waals surface area (Å²) in [5.41, 5.74) is 1.08. The van der Waals surface area contributed by atoms with Crippen LogP contribution in [0.4, 0.5) is 0 Å². The first-order chi connectivity index (χ1) is 13.5. The van der Waals surface area contributed by atoms with E-state index in [-0.39, 0.29) is 18.9 Å². The topological polar surface area (TPSA) is 70.1 Å². The van der Waals surface area contributed by atoms with Gasteiger partial charge in [-0.3, -0.25) is 9.59 Å². The van der Waals surface area contributed by atoms with E-state index in [9.17, 15) is 14.7 Å². The number of carboxylic acid groups (broad SMARTS) is 1. The van der Waals surface area contributed by atoms with Gasteiger partial charge in [0.1, 0.15) is 5.75 Å². The highest BCUT2D eigenvalue weighted by molar-refractivity contribution is 5.88. The molecule has 28 heavy (non-hydrogen) atoms. The average Bonchev–Trinajstić information content (AvgIpc) is 3.04. The van der Waals surface area contributed by atoms with Crippen molar-refractivity contribution in [2.45, 2.75) is 19.3 Å². The lowest BCUT2D eigenvalue weighted by molar-refractivity contribution is -0.141. The van der Waals surface area contributed by atoms with Gasteiger partial charge < -0.3 is 19.6 Å². The fourth-order valence-electron chi connectivity index (χ4n) is 3.67. The highest BCUT2D eigenvalue weighted by Crippen LogP contribution is 2.29. The number of nitrogens with zero attached hydrogens (tertiary/aromatic N) is 2. The molecule has 6 nitrogen and oxygen atoms in total. The first-order valence-electron chi connectivity index (χ1n) is 9.74. The number of carboxylic acids is 1. The predicted molar refractivity (Wildman–Crippen MR) is 109 cm³/mol. The number of aliphatic carboxylic acids is 1. The average molecular weight is 384 g/mol. The zero-order chi connectivity index (χ0) is 20.1. The van der Waals surface area contributed by atoms with Crippen LogP contribution in [0.3, 0.4) is 0 Å². The second-order valence-corrected chi connectivity index (χ2v) is 7.60. The van der Waals surface area contributed by atoms with Gasteiger partial charge in [-0.05, 0) is 43.8 Å². The Bertz CT molecular complexity index is 850. The van der Waals surface area contributed by atoms with Crippen molar-refractivity contribution >= 4 is 22.6 Å². The largest absolute Gasteiger partial charge is 0.493 e. The number of likely N-dealkylation sites (tertiary alicyclic amines) is 1. The Morgan fingerprint density at radius 1 is 1.25 bits per heavy atom. The molecule has 0 saturated carbocycles. The van der Waals surface area contributed by atoms with E-state index in [1.54, 1.807) is 4.90 Å². The summed E-state index contributed by atoms with van der Waals surface area (Å²) in [6.45, 7) is 2.39. The molecule has 3 rings (SSSR count). The SMILES string of the molecule is CN(C)CCCOc1ccc2ccccc2c1CCN1CC(C(=O)O)CC1=O. The summed E-state index contributed by atoms with van der Waals surface area (Å²) in [6.07, 6.45) is 1.67. The van der Waals surface area contributed by atoms with Crippen LogP contribution in [0.1, 0.15) is 18.4 Å². The maximum absolute atomic E-state index is 12.2. The van der Waals surface area contributed by atoms with Gasteiger partial charge in [-0.1, -0.05) is 30.3 Å². The van der Waals surface area contributed by atoms with Crippen LogP contribution in [0.25, 0.3) is 10.8 Å². The Morgan fingerprint density at radius 2 is 2.04 bits per heavy atom. The maximum atomic E-state index is 12.2. The van der Waals surface area contributed by atoms with E-state index in [4.69, 9.17) is 4.74 Å². The van der Waals surface area contributed by atoms with Crippen LogP contribution in [0, 0.1) is 5.92 Å². The molecule has 1 atom stereocenters. The molecule has 1 saturated heterocycles. The molecule has 1 heterocycles. The molecule has 1 N–H and O–H groups in total. The van der Waals surface area contributed by atoms with Crippen LogP contribution in [0.5, 0.6) is 5.75 Å². The molecule has 0 bridgehead atoms. The third-order valence-electron chi connectivity index (χ3n) is 5.20. The zero-order valence-electron chi connectivity index (χ0n) is 16.6. The molecule has 2 aromatic rings. The summed E-state index contributed by atoms with van der Waals surface area (Å²) in [4.78, 5) is 27.1. The maximum Gasteiger partial charge on any atom is 0.308 e. The molecular formula is C22H28N2O4. The third kappa shape index (κ3) is 4.81. The van der Waals surface area contributed by atoms with Crippen LogP contribution in [-0.4, -0.2) is 67.1 Å². The van der Waals surface area contributed by atoms with E-state index in [0.29, 0.717) is 19.6 Å². The summed E-state index contributed by atoms with van der Waals surface area (Å²) in [6, 6.07) is 12.2. The number of benzene rings is 2. The van der Waals surface area contributed by atoms with Gasteiger partial charge in [0, 0.05) is 31.6 Å². The molecule has 0 radical (unpaired) electrons. The highest BCUT2D eigenvalue weighted by Gasteiger charge is 2.34. The molecule has 1 aliphatic rings. The van der Waals surface area contributed by atoms with Crippen molar-refractivity contribution in [3.8, 4) is 5.75 Å². The first-order valence-corrected chi connectivity index (χ1v) is 9.74. The van der Waals surface area contributed by atoms with E-state index in [1.165, 1.54) is 0 Å². The van der Waals surface area contributed by atoms with Gasteiger partial charge in [-0.15, -0.1) is 0 Å². The minimum absolute atomic E-state index is 0.0823. The van der Waals surface area contributed by atoms with Gasteiger partial charge >= 0.3 is 5.97 Å². The van der Waals surface area contributed by atoms with Crippen LogP contribution in [-0.2, 0) is 16.0 Å². The first kappa shape index (κ1) is 20.1. The number of amides is 1. The van der Waals surface area contributed by atoms with Crippen molar-refractivity contribution < 1.29 is 19.4 Å². The fraction of sp³-hybridized carbons (Fsp3) is 0.455. The Morgan fingerprint density at radius 3 is 2.75 bits per heavy atom. The molecule has 0 aliphatic carbocycles. The van der Waals surface area contributed by atoms with Crippen molar-refractivity contribution in [1.82, 2.24) is 9.80 Å². The van der Waals surface area contributed by atoms with E-state index < -0.39 is 11.9 Å². The second-order valence-electron chi connectivity index (χ2n) is 7.60. The van der Waals surface area contributed by atoms with Gasteiger partial charge in [0.2, 0.25) is 5.91 Å². The molecule has 1 fully saturated rings. The lowest BCUT2D eigenvalue weighted by Crippen LogP contribution is -2.28. The Hall–Kier alpha value is -2.60. The summed E-state index contributed by atoms with van der Waals surface area (Å²) in [7, 11) is 4.08. The lowest BCUT2D eigenvalue weighted by Gasteiger charge is -2.19. The van der Waals surface area contributed by atoms with Gasteiger partial charge in [0.15, 0.2) is 0 Å². The third-order valence-corrected chi connectivity index (χ3v) is 5.20. The van der Waals surface area contributed by atoms with Crippen molar-refractivity contribution in [3.63, 3.8) is 0 Å². The number of rotatable bonds is 9. The zero-order valence-corrected chi connectivity index (χ0v) is 16.6. The standard InChI is InChI=1S/C22H28N2O4/c1-23(2)11-5-13-28-20-9-8-16-6-3-4-7-18(16)19(20)10-12-24-15-17(22(26)27)14-21(24)25/h3-4,6-9,17H,5,10-15H2,1-2H3,(H,26,27). The number of hydrogen-bond acceptors (Lipinski definition) is 4. The summed E-state index contributed by atoms with van der Waals surface area (Å²) >= 11 is 0. The molecule has 6 heteroatoms. The molecule has 0 aromatic heterocycles. The summed E-state index contributed by atoms with van der Waals surface area (Å²) in [5.74, 6) is -0.729. The van der Waals surface area contributed by atoms with Crippen LogP contribution in [0.15, 0.2) is 36.4 Å². The normalized spacial score (nSPS) is 16.9. The quantitative estimate of drug-likeness (QED) is 0.673. The smallest absolute Gasteiger partial charge is 0.308 e. The van der Waals surface area contributed by atoms with E-state index >= 15 is 0 Å². The fourth-order valence-corrected chi connectivity index (χ4v) is 3.67. The lowest BCUT2D eigenvalue weighted by atomic mass is 10.0. The number of carbonyl (C=O) groups is 2. The molecule has 1 aliphatic heterocycles. The van der Waals surface area contributed by atoms with Gasteiger partial charge in [0.05, 0.1) is 12.5 Å². The minimum Gasteiger partial charge on any atom is -0.493 e. The van der Waals surface area contributed by atoms with Gasteiger partial charge in [0.25, 0.3) is 0 Å². The van der Waals surface area contributed by atoms with Crippen molar-refractivity contribution in [2.24, 2.45) is 5.92 Å². The molecule has 150 valence electrons.